The molecule has 1 aliphatic carbocycles. The van der Waals surface area contributed by atoms with E-state index < -0.39 is 11.4 Å². The third-order valence-corrected chi connectivity index (χ3v) is 5.28. The maximum atomic E-state index is 12.3. The number of anilines is 1. The molecule has 24 heavy (non-hydrogen) atoms. The van der Waals surface area contributed by atoms with E-state index in [9.17, 15) is 14.7 Å². The van der Waals surface area contributed by atoms with Crippen LogP contribution in [0.1, 0.15) is 51.5 Å². The summed E-state index contributed by atoms with van der Waals surface area (Å²) < 4.78 is 5.67. The zero-order valence-electron chi connectivity index (χ0n) is 14.3. The van der Waals surface area contributed by atoms with Crippen molar-refractivity contribution >= 4 is 17.6 Å². The van der Waals surface area contributed by atoms with Crippen molar-refractivity contribution < 1.29 is 19.4 Å². The van der Waals surface area contributed by atoms with E-state index in [0.29, 0.717) is 31.6 Å². The van der Waals surface area contributed by atoms with Gasteiger partial charge in [-0.05, 0) is 56.7 Å². The highest BCUT2D eigenvalue weighted by atomic mass is 16.5. The van der Waals surface area contributed by atoms with E-state index in [2.05, 4.69) is 5.32 Å². The first kappa shape index (κ1) is 17.0. The summed E-state index contributed by atoms with van der Waals surface area (Å²) in [6.07, 6.45) is 3.56. The smallest absolute Gasteiger partial charge is 0.314 e. The molecule has 2 fully saturated rings. The van der Waals surface area contributed by atoms with Crippen molar-refractivity contribution in [3.8, 4) is 0 Å². The molecule has 130 valence electrons. The molecule has 0 radical (unpaired) electrons. The second-order valence-corrected chi connectivity index (χ2v) is 7.71. The van der Waals surface area contributed by atoms with Gasteiger partial charge in [0.05, 0.1) is 17.6 Å². The molecule has 0 bridgehead atoms. The molecule has 1 unspecified atom stereocenters. The van der Waals surface area contributed by atoms with Gasteiger partial charge in [0.1, 0.15) is 0 Å². The molecule has 2 aliphatic rings. The number of hydrogen-bond donors (Lipinski definition) is 2. The number of nitrogens with one attached hydrogen (secondary N) is 1. The minimum Gasteiger partial charge on any atom is -0.481 e. The topological polar surface area (TPSA) is 75.6 Å². The Morgan fingerprint density at radius 2 is 2.08 bits per heavy atom. The van der Waals surface area contributed by atoms with Gasteiger partial charge in [-0.25, -0.2) is 0 Å². The summed E-state index contributed by atoms with van der Waals surface area (Å²) >= 11 is 0. The van der Waals surface area contributed by atoms with Crippen LogP contribution in [-0.4, -0.2) is 29.2 Å². The molecular weight excluding hydrogens is 306 g/mol. The predicted molar refractivity (Wildman–Crippen MR) is 91.0 cm³/mol. The van der Waals surface area contributed by atoms with Crippen LogP contribution in [0.4, 0.5) is 5.69 Å². The number of amides is 1. The number of carboxylic acid groups (broad SMARTS) is 1. The molecule has 1 aromatic carbocycles. The summed E-state index contributed by atoms with van der Waals surface area (Å²) in [7, 11) is 0. The zero-order chi connectivity index (χ0) is 17.4. The summed E-state index contributed by atoms with van der Waals surface area (Å²) in [6, 6.07) is 7.27. The molecule has 5 nitrogen and oxygen atoms in total. The van der Waals surface area contributed by atoms with Crippen molar-refractivity contribution in [1.29, 1.82) is 0 Å². The molecule has 5 heteroatoms. The Labute approximate surface area is 142 Å². The van der Waals surface area contributed by atoms with Crippen molar-refractivity contribution in [2.24, 2.45) is 5.92 Å². The number of carboxylic acids is 1. The molecule has 1 amide bonds. The fourth-order valence-corrected chi connectivity index (χ4v) is 3.81. The van der Waals surface area contributed by atoms with Gasteiger partial charge in [0, 0.05) is 12.1 Å². The summed E-state index contributed by atoms with van der Waals surface area (Å²) in [6.45, 7) is 4.69. The van der Waals surface area contributed by atoms with Crippen molar-refractivity contribution in [2.45, 2.75) is 57.0 Å². The lowest BCUT2D eigenvalue weighted by molar-refractivity contribution is -0.147. The van der Waals surface area contributed by atoms with Gasteiger partial charge in [0.2, 0.25) is 5.91 Å². The van der Waals surface area contributed by atoms with Crippen LogP contribution in [0.2, 0.25) is 0 Å². The lowest BCUT2D eigenvalue weighted by Gasteiger charge is -2.38. The van der Waals surface area contributed by atoms with Crippen LogP contribution in [0, 0.1) is 5.92 Å². The molecule has 1 heterocycles. The van der Waals surface area contributed by atoms with E-state index in [4.69, 9.17) is 4.74 Å². The first-order chi connectivity index (χ1) is 11.3. The Morgan fingerprint density at radius 1 is 1.33 bits per heavy atom. The van der Waals surface area contributed by atoms with E-state index in [1.54, 1.807) is 6.07 Å². The molecular formula is C19H25NO4. The van der Waals surface area contributed by atoms with Gasteiger partial charge in [-0.2, -0.15) is 0 Å². The number of rotatable bonds is 5. The third kappa shape index (κ3) is 3.31. The second-order valence-electron chi connectivity index (χ2n) is 7.71. The van der Waals surface area contributed by atoms with Crippen LogP contribution in [0.15, 0.2) is 24.3 Å². The van der Waals surface area contributed by atoms with Gasteiger partial charge < -0.3 is 15.2 Å². The standard InChI is InChI=1S/C19H25NO4/c1-18(2)11-13(12-24-18)9-16(21)20-15-6-3-5-14(10-15)19(17(22)23)7-4-8-19/h3,5-6,10,13H,4,7-9,11-12H2,1-2H3,(H,20,21)(H,22,23). The van der Waals surface area contributed by atoms with E-state index >= 15 is 0 Å². The largest absolute Gasteiger partial charge is 0.481 e. The number of benzene rings is 1. The lowest BCUT2D eigenvalue weighted by atomic mass is 9.64. The van der Waals surface area contributed by atoms with Crippen molar-refractivity contribution in [1.82, 2.24) is 0 Å². The maximum Gasteiger partial charge on any atom is 0.314 e. The predicted octanol–water partition coefficient (Wildman–Crippen LogP) is 3.34. The number of carbonyl (C=O) groups excluding carboxylic acids is 1. The minimum absolute atomic E-state index is 0.0450. The zero-order valence-corrected chi connectivity index (χ0v) is 14.3. The highest BCUT2D eigenvalue weighted by Gasteiger charge is 2.46. The Morgan fingerprint density at radius 3 is 2.62 bits per heavy atom. The Hall–Kier alpha value is -1.88. The number of aliphatic carboxylic acids is 1. The van der Waals surface area contributed by atoms with Crippen LogP contribution in [0.25, 0.3) is 0 Å². The van der Waals surface area contributed by atoms with Crippen LogP contribution in [-0.2, 0) is 19.7 Å². The van der Waals surface area contributed by atoms with Gasteiger partial charge in [0.25, 0.3) is 0 Å². The van der Waals surface area contributed by atoms with Crippen LogP contribution >= 0.6 is 0 Å². The average Bonchev–Trinajstić information content (AvgIpc) is 2.76. The fraction of sp³-hybridized carbons (Fsp3) is 0.579. The van der Waals surface area contributed by atoms with Gasteiger partial charge in [-0.1, -0.05) is 18.6 Å². The van der Waals surface area contributed by atoms with E-state index in [-0.39, 0.29) is 17.4 Å². The van der Waals surface area contributed by atoms with Gasteiger partial charge in [-0.3, -0.25) is 9.59 Å². The van der Waals surface area contributed by atoms with Crippen LogP contribution < -0.4 is 5.32 Å². The quantitative estimate of drug-likeness (QED) is 0.868. The monoisotopic (exact) mass is 331 g/mol. The van der Waals surface area contributed by atoms with Crippen molar-refractivity contribution in [3.63, 3.8) is 0 Å². The minimum atomic E-state index is -0.775. The summed E-state index contributed by atoms with van der Waals surface area (Å²) in [5, 5.41) is 12.5. The second kappa shape index (κ2) is 6.20. The average molecular weight is 331 g/mol. The normalized spacial score (nSPS) is 24.2. The molecule has 3 rings (SSSR count). The van der Waals surface area contributed by atoms with Gasteiger partial charge in [0.15, 0.2) is 0 Å². The molecule has 1 aliphatic heterocycles. The van der Waals surface area contributed by atoms with Gasteiger partial charge in [-0.15, -0.1) is 0 Å². The molecule has 0 aromatic heterocycles. The highest BCUT2D eigenvalue weighted by molar-refractivity contribution is 5.91. The van der Waals surface area contributed by atoms with Crippen LogP contribution in [0.3, 0.4) is 0 Å². The fourth-order valence-electron chi connectivity index (χ4n) is 3.81. The molecule has 0 spiro atoms. The number of hydrogen-bond acceptors (Lipinski definition) is 3. The molecule has 1 saturated carbocycles. The molecule has 1 atom stereocenters. The first-order valence-electron chi connectivity index (χ1n) is 8.58. The third-order valence-electron chi connectivity index (χ3n) is 5.28. The molecule has 1 aromatic rings. The maximum absolute atomic E-state index is 12.3. The Kier molecular flexibility index (Phi) is 4.38. The number of ether oxygens (including phenoxy) is 1. The first-order valence-corrected chi connectivity index (χ1v) is 8.58. The van der Waals surface area contributed by atoms with E-state index in [0.717, 1.165) is 18.4 Å². The molecule has 2 N–H and O–H groups in total. The highest BCUT2D eigenvalue weighted by Crippen LogP contribution is 2.44. The van der Waals surface area contributed by atoms with Crippen molar-refractivity contribution in [3.05, 3.63) is 29.8 Å². The Balaban J connectivity index is 1.65. The van der Waals surface area contributed by atoms with E-state index in [1.807, 2.05) is 32.0 Å². The Bertz CT molecular complexity index is 649. The summed E-state index contributed by atoms with van der Waals surface area (Å²) in [5.41, 5.74) is 0.528. The summed E-state index contributed by atoms with van der Waals surface area (Å²) in [4.78, 5) is 23.9. The van der Waals surface area contributed by atoms with E-state index in [1.165, 1.54) is 0 Å². The SMILES string of the molecule is CC1(C)CC(CC(=O)Nc2cccc(C3(C(=O)O)CCC3)c2)CO1. The van der Waals surface area contributed by atoms with Crippen molar-refractivity contribution in [2.75, 3.05) is 11.9 Å². The number of carbonyl (C=O) groups is 2. The van der Waals surface area contributed by atoms with Crippen LogP contribution in [0.5, 0.6) is 0 Å². The summed E-state index contributed by atoms with van der Waals surface area (Å²) in [5.74, 6) is -0.584. The molecule has 1 saturated heterocycles. The van der Waals surface area contributed by atoms with Gasteiger partial charge >= 0.3 is 5.97 Å². The lowest BCUT2D eigenvalue weighted by Crippen LogP contribution is -2.42.